The fourth-order valence-corrected chi connectivity index (χ4v) is 10.8. The van der Waals surface area contributed by atoms with Crippen LogP contribution < -0.4 is 5.32 Å². The van der Waals surface area contributed by atoms with Crippen LogP contribution in [-0.4, -0.2) is 110 Å². The molecule has 1 rings (SSSR count). The van der Waals surface area contributed by atoms with Crippen molar-refractivity contribution in [1.29, 1.82) is 0 Å². The lowest BCUT2D eigenvalue weighted by molar-refractivity contribution is -0.303. The van der Waals surface area contributed by atoms with E-state index in [0.717, 1.165) is 38.5 Å². The second-order valence-electron chi connectivity index (χ2n) is 23.5. The fourth-order valence-electron chi connectivity index (χ4n) is 10.8. The number of carbonyl (C=O) groups is 1. The average molecular weight is 1110 g/mol. The lowest BCUT2D eigenvalue weighted by Gasteiger charge is -2.40. The van der Waals surface area contributed by atoms with Crippen LogP contribution in [0.2, 0.25) is 0 Å². The second-order valence-corrected chi connectivity index (χ2v) is 23.5. The predicted octanol–water partition coefficient (Wildman–Crippen LogP) is 15.4. The zero-order chi connectivity index (χ0) is 56.8. The molecule has 0 saturated carbocycles. The van der Waals surface area contributed by atoms with Crippen molar-refractivity contribution in [2.75, 3.05) is 13.2 Å². The van der Waals surface area contributed by atoms with Crippen molar-refractivity contribution in [1.82, 2.24) is 5.32 Å². The zero-order valence-corrected chi connectivity index (χ0v) is 50.7. The van der Waals surface area contributed by atoms with Crippen LogP contribution in [0.3, 0.4) is 0 Å². The van der Waals surface area contributed by atoms with Gasteiger partial charge < -0.3 is 50.5 Å². The van der Waals surface area contributed by atoms with Gasteiger partial charge in [-0.25, -0.2) is 0 Å². The smallest absolute Gasteiger partial charge is 0.249 e. The highest BCUT2D eigenvalue weighted by atomic mass is 16.7. The molecule has 11 heteroatoms. The molecule has 0 spiro atoms. The zero-order valence-electron chi connectivity index (χ0n) is 50.7. The summed E-state index contributed by atoms with van der Waals surface area (Å²) in [7, 11) is 0. The third-order valence-electron chi connectivity index (χ3n) is 16.1. The molecule has 1 aliphatic rings. The van der Waals surface area contributed by atoms with Gasteiger partial charge in [-0.15, -0.1) is 0 Å². The van der Waals surface area contributed by atoms with Crippen molar-refractivity contribution in [3.8, 4) is 0 Å². The average Bonchev–Trinajstić information content (AvgIpc) is 3.46. The molecule has 0 aromatic carbocycles. The molecule has 9 atom stereocenters. The van der Waals surface area contributed by atoms with Gasteiger partial charge in [0.15, 0.2) is 6.29 Å². The molecule has 0 aromatic heterocycles. The molecule has 8 N–H and O–H groups in total. The summed E-state index contributed by atoms with van der Waals surface area (Å²) in [5, 5.41) is 76.2. The molecule has 1 fully saturated rings. The van der Waals surface area contributed by atoms with Crippen molar-refractivity contribution in [2.24, 2.45) is 0 Å². The molecule has 460 valence electrons. The summed E-state index contributed by atoms with van der Waals surface area (Å²) in [6, 6.07) is -1.19. The Morgan fingerprint density at radius 1 is 0.436 bits per heavy atom. The van der Waals surface area contributed by atoms with Gasteiger partial charge >= 0.3 is 0 Å². The maximum absolute atomic E-state index is 13.2. The number of aliphatic hydroxyl groups excluding tert-OH is 7. The Hall–Kier alpha value is -1.67. The van der Waals surface area contributed by atoms with E-state index in [1.54, 1.807) is 0 Å². The van der Waals surface area contributed by atoms with Gasteiger partial charge in [0.2, 0.25) is 5.91 Å². The Balaban J connectivity index is 2.15. The topological polar surface area (TPSA) is 189 Å². The minimum Gasteiger partial charge on any atom is -0.394 e. The van der Waals surface area contributed by atoms with Crippen LogP contribution in [-0.2, 0) is 14.3 Å². The van der Waals surface area contributed by atoms with Crippen molar-refractivity contribution in [2.45, 2.75) is 371 Å². The molecule has 1 heterocycles. The van der Waals surface area contributed by atoms with Gasteiger partial charge in [-0.2, -0.15) is 0 Å². The number of unbranched alkanes of at least 4 members (excludes halogenated alkanes) is 40. The minimum absolute atomic E-state index is 0.247. The molecule has 1 amide bonds. The van der Waals surface area contributed by atoms with Crippen LogP contribution in [0.15, 0.2) is 36.5 Å². The van der Waals surface area contributed by atoms with Gasteiger partial charge in [0.05, 0.1) is 25.4 Å². The molecule has 0 radical (unpaired) electrons. The number of aliphatic hydroxyl groups is 7. The van der Waals surface area contributed by atoms with Crippen LogP contribution in [0.5, 0.6) is 0 Å². The standard InChI is InChI=1S/C67H127NO10/c1-3-5-7-9-11-13-15-17-19-20-21-22-23-24-25-26-27-28-29-30-31-32-33-34-35-36-37-38-39-41-43-45-47-49-51-53-55-60(71)66(76)68-58(57-77-67-65(75)64(74)63(73)61(56-69)78-67)62(72)59(70)54-52-50-48-46-44-42-40-18-16-14-12-10-8-6-4-2/h18,28-29,40,46,48,58-65,67,69-75H,3-17,19-27,30-39,41-45,47,49-57H2,1-2H3,(H,68,76)/b29-28-,40-18+,48-46+. The number of amides is 1. The number of hydrogen-bond donors (Lipinski definition) is 8. The molecule has 0 aliphatic carbocycles. The highest BCUT2D eigenvalue weighted by molar-refractivity contribution is 5.80. The van der Waals surface area contributed by atoms with Crippen LogP contribution in [0, 0.1) is 0 Å². The van der Waals surface area contributed by atoms with E-state index in [0.29, 0.717) is 19.3 Å². The van der Waals surface area contributed by atoms with Gasteiger partial charge in [0, 0.05) is 0 Å². The molecule has 1 aliphatic heterocycles. The van der Waals surface area contributed by atoms with Gasteiger partial charge in [0.25, 0.3) is 0 Å². The Morgan fingerprint density at radius 2 is 0.769 bits per heavy atom. The lowest BCUT2D eigenvalue weighted by atomic mass is 9.98. The summed E-state index contributed by atoms with van der Waals surface area (Å²) in [6.45, 7) is 3.45. The number of carbonyl (C=O) groups excluding carboxylic acids is 1. The second kappa shape index (κ2) is 55.8. The third kappa shape index (κ3) is 43.1. The maximum Gasteiger partial charge on any atom is 0.249 e. The van der Waals surface area contributed by atoms with Crippen LogP contribution in [0.1, 0.15) is 316 Å². The van der Waals surface area contributed by atoms with Crippen molar-refractivity contribution in [3.63, 3.8) is 0 Å². The van der Waals surface area contributed by atoms with Gasteiger partial charge in [-0.05, 0) is 77.0 Å². The predicted molar refractivity (Wildman–Crippen MR) is 325 cm³/mol. The molecule has 78 heavy (non-hydrogen) atoms. The number of hydrogen-bond acceptors (Lipinski definition) is 10. The lowest BCUT2D eigenvalue weighted by Crippen LogP contribution is -2.60. The van der Waals surface area contributed by atoms with Crippen LogP contribution >= 0.6 is 0 Å². The summed E-state index contributed by atoms with van der Waals surface area (Å²) in [5.74, 6) is -0.707. The number of allylic oxidation sites excluding steroid dienone is 6. The molecule has 1 saturated heterocycles. The first-order chi connectivity index (χ1) is 38.2. The Kier molecular flexibility index (Phi) is 53.2. The molecule has 11 nitrogen and oxygen atoms in total. The quantitative estimate of drug-likeness (QED) is 0.0215. The molecular weight excluding hydrogens is 979 g/mol. The van der Waals surface area contributed by atoms with E-state index in [4.69, 9.17) is 9.47 Å². The van der Waals surface area contributed by atoms with E-state index in [1.165, 1.54) is 231 Å². The fraction of sp³-hybridized carbons (Fsp3) is 0.896. The number of nitrogens with one attached hydrogen (secondary N) is 1. The summed E-state index contributed by atoms with van der Waals surface area (Å²) in [6.07, 6.45) is 59.6. The summed E-state index contributed by atoms with van der Waals surface area (Å²) >= 11 is 0. The Morgan fingerprint density at radius 3 is 1.14 bits per heavy atom. The van der Waals surface area contributed by atoms with Crippen molar-refractivity contribution in [3.05, 3.63) is 36.5 Å². The number of ether oxygens (including phenoxy) is 2. The van der Waals surface area contributed by atoms with Crippen molar-refractivity contribution >= 4 is 5.91 Å². The Bertz CT molecular complexity index is 1360. The normalized spacial score (nSPS) is 19.6. The van der Waals surface area contributed by atoms with E-state index >= 15 is 0 Å². The monoisotopic (exact) mass is 1110 g/mol. The molecule has 9 unspecified atom stereocenters. The third-order valence-corrected chi connectivity index (χ3v) is 16.1. The van der Waals surface area contributed by atoms with E-state index in [9.17, 15) is 40.5 Å². The SMILES string of the molecule is CCCCCCCC/C=C/CC/C=C/CCCC(O)C(O)C(COC1OC(CO)C(O)C(O)C1O)NC(=O)C(O)CCCCCCCCCCCCCCCCCC/C=C\CCCCCCCCCCCCCCCCCC. The van der Waals surface area contributed by atoms with Gasteiger partial charge in [-0.3, -0.25) is 4.79 Å². The summed E-state index contributed by atoms with van der Waals surface area (Å²) < 4.78 is 11.1. The van der Waals surface area contributed by atoms with E-state index in [2.05, 4.69) is 55.6 Å². The molecular formula is C67H127NO10. The van der Waals surface area contributed by atoms with E-state index in [1.807, 2.05) is 0 Å². The first kappa shape index (κ1) is 74.3. The first-order valence-electron chi connectivity index (χ1n) is 33.4. The van der Waals surface area contributed by atoms with E-state index < -0.39 is 74.2 Å². The summed E-state index contributed by atoms with van der Waals surface area (Å²) in [4.78, 5) is 13.2. The van der Waals surface area contributed by atoms with Gasteiger partial charge in [-0.1, -0.05) is 275 Å². The van der Waals surface area contributed by atoms with E-state index in [-0.39, 0.29) is 12.8 Å². The van der Waals surface area contributed by atoms with Crippen molar-refractivity contribution < 1.29 is 50.0 Å². The highest BCUT2D eigenvalue weighted by Crippen LogP contribution is 2.24. The maximum atomic E-state index is 13.2. The summed E-state index contributed by atoms with van der Waals surface area (Å²) in [5.41, 5.74) is 0. The Labute approximate surface area is 479 Å². The first-order valence-corrected chi connectivity index (χ1v) is 33.4. The highest BCUT2D eigenvalue weighted by Gasteiger charge is 2.44. The molecule has 0 aromatic rings. The molecule has 0 bridgehead atoms. The largest absolute Gasteiger partial charge is 0.394 e. The van der Waals surface area contributed by atoms with Gasteiger partial charge in [0.1, 0.15) is 36.6 Å². The van der Waals surface area contributed by atoms with Crippen LogP contribution in [0.25, 0.3) is 0 Å². The minimum atomic E-state index is -1.67. The number of rotatable bonds is 58. The van der Waals surface area contributed by atoms with Crippen LogP contribution in [0.4, 0.5) is 0 Å².